The monoisotopic (exact) mass is 344 g/mol. The van der Waals surface area contributed by atoms with Gasteiger partial charge in [0.25, 0.3) is 0 Å². The highest BCUT2D eigenvalue weighted by atomic mass is 35.5. The lowest BCUT2D eigenvalue weighted by Gasteiger charge is -2.39. The van der Waals surface area contributed by atoms with E-state index >= 15 is 0 Å². The summed E-state index contributed by atoms with van der Waals surface area (Å²) in [6, 6.07) is 17.1. The molecular weight excluding hydrogens is 320 g/mol. The molecule has 0 saturated carbocycles. The predicted molar refractivity (Wildman–Crippen MR) is 101 cm³/mol. The summed E-state index contributed by atoms with van der Waals surface area (Å²) in [5, 5.41) is 0.808. The van der Waals surface area contributed by atoms with E-state index in [0.717, 1.165) is 43.4 Å². The molecule has 1 heterocycles. The van der Waals surface area contributed by atoms with Crippen molar-refractivity contribution < 1.29 is 4.74 Å². The zero-order valence-corrected chi connectivity index (χ0v) is 15.2. The molecule has 1 saturated heterocycles. The average Bonchev–Trinajstić information content (AvgIpc) is 2.62. The lowest BCUT2D eigenvalue weighted by molar-refractivity contribution is 0.196. The average molecular weight is 345 g/mol. The highest BCUT2D eigenvalue weighted by Gasteiger charge is 2.21. The Morgan fingerprint density at radius 3 is 2.38 bits per heavy atom. The van der Waals surface area contributed by atoms with E-state index in [0.29, 0.717) is 6.04 Å². The molecule has 1 aliphatic heterocycles. The molecule has 24 heavy (non-hydrogen) atoms. The Morgan fingerprint density at radius 2 is 1.75 bits per heavy atom. The molecule has 128 valence electrons. The van der Waals surface area contributed by atoms with Crippen molar-refractivity contribution in [2.45, 2.75) is 19.4 Å². The molecule has 1 fully saturated rings. The highest BCUT2D eigenvalue weighted by Crippen LogP contribution is 2.22. The summed E-state index contributed by atoms with van der Waals surface area (Å²) in [4.78, 5) is 4.99. The van der Waals surface area contributed by atoms with Crippen molar-refractivity contribution in [2.75, 3.05) is 38.2 Å². The van der Waals surface area contributed by atoms with Crippen LogP contribution in [0, 0.1) is 0 Å². The van der Waals surface area contributed by atoms with Gasteiger partial charge in [0.1, 0.15) is 5.75 Å². The number of hydrogen-bond acceptors (Lipinski definition) is 3. The SMILES string of the molecule is COc1ccc(C[C@H](C)N2CCN(c3cccc(Cl)c3)CC2)cc1. The summed E-state index contributed by atoms with van der Waals surface area (Å²) in [5.74, 6) is 0.918. The molecule has 0 bridgehead atoms. The Hall–Kier alpha value is -1.71. The van der Waals surface area contributed by atoms with Crippen LogP contribution in [0.2, 0.25) is 5.02 Å². The predicted octanol–water partition coefficient (Wildman–Crippen LogP) is 4.10. The third-order valence-electron chi connectivity index (χ3n) is 4.80. The van der Waals surface area contributed by atoms with Gasteiger partial charge >= 0.3 is 0 Å². The Balaban J connectivity index is 1.53. The lowest BCUT2D eigenvalue weighted by Crippen LogP contribution is -2.50. The van der Waals surface area contributed by atoms with Gasteiger partial charge < -0.3 is 9.64 Å². The first-order valence-corrected chi connectivity index (χ1v) is 8.91. The summed E-state index contributed by atoms with van der Waals surface area (Å²) < 4.78 is 5.23. The number of rotatable bonds is 5. The second-order valence-electron chi connectivity index (χ2n) is 6.40. The number of halogens is 1. The number of anilines is 1. The zero-order valence-electron chi connectivity index (χ0n) is 14.4. The van der Waals surface area contributed by atoms with Crippen molar-refractivity contribution in [3.05, 3.63) is 59.1 Å². The van der Waals surface area contributed by atoms with Crippen molar-refractivity contribution in [3.8, 4) is 5.75 Å². The summed E-state index contributed by atoms with van der Waals surface area (Å²) in [6.07, 6.45) is 1.07. The van der Waals surface area contributed by atoms with Crippen LogP contribution in [-0.4, -0.2) is 44.2 Å². The molecule has 0 unspecified atom stereocenters. The molecule has 0 aromatic heterocycles. The minimum Gasteiger partial charge on any atom is -0.497 e. The molecule has 0 radical (unpaired) electrons. The van der Waals surface area contributed by atoms with E-state index in [1.54, 1.807) is 7.11 Å². The topological polar surface area (TPSA) is 15.7 Å². The van der Waals surface area contributed by atoms with E-state index in [9.17, 15) is 0 Å². The van der Waals surface area contributed by atoms with Gasteiger partial charge in [-0.15, -0.1) is 0 Å². The van der Waals surface area contributed by atoms with Crippen molar-refractivity contribution >= 4 is 17.3 Å². The lowest BCUT2D eigenvalue weighted by atomic mass is 10.0. The van der Waals surface area contributed by atoms with Gasteiger partial charge in [0.05, 0.1) is 7.11 Å². The minimum absolute atomic E-state index is 0.542. The summed E-state index contributed by atoms with van der Waals surface area (Å²) in [7, 11) is 1.71. The van der Waals surface area contributed by atoms with Gasteiger partial charge in [0.15, 0.2) is 0 Å². The quantitative estimate of drug-likeness (QED) is 0.812. The van der Waals surface area contributed by atoms with Crippen LogP contribution in [-0.2, 0) is 6.42 Å². The summed E-state index contributed by atoms with van der Waals surface area (Å²) in [5.41, 5.74) is 2.59. The first-order valence-electron chi connectivity index (χ1n) is 8.53. The summed E-state index contributed by atoms with van der Waals surface area (Å²) >= 11 is 6.11. The van der Waals surface area contributed by atoms with Crippen LogP contribution >= 0.6 is 11.6 Å². The third kappa shape index (κ3) is 4.22. The maximum atomic E-state index is 6.11. The Morgan fingerprint density at radius 1 is 1.04 bits per heavy atom. The Bertz CT molecular complexity index is 651. The van der Waals surface area contributed by atoms with Crippen molar-refractivity contribution in [1.29, 1.82) is 0 Å². The number of ether oxygens (including phenoxy) is 1. The van der Waals surface area contributed by atoms with Gasteiger partial charge in [-0.05, 0) is 49.2 Å². The number of hydrogen-bond donors (Lipinski definition) is 0. The van der Waals surface area contributed by atoms with Crippen LogP contribution in [0.15, 0.2) is 48.5 Å². The molecule has 3 nitrogen and oxygen atoms in total. The van der Waals surface area contributed by atoms with Crippen molar-refractivity contribution in [1.82, 2.24) is 4.90 Å². The zero-order chi connectivity index (χ0) is 16.9. The van der Waals surface area contributed by atoms with Crippen LogP contribution < -0.4 is 9.64 Å². The van der Waals surface area contributed by atoms with Gasteiger partial charge in [0.2, 0.25) is 0 Å². The van der Waals surface area contributed by atoms with Crippen LogP contribution in [0.5, 0.6) is 5.75 Å². The van der Waals surface area contributed by atoms with Crippen LogP contribution in [0.4, 0.5) is 5.69 Å². The van der Waals surface area contributed by atoms with E-state index < -0.39 is 0 Å². The second kappa shape index (κ2) is 7.91. The molecule has 2 aromatic carbocycles. The standard InChI is InChI=1S/C20H25ClN2O/c1-16(14-17-6-8-20(24-2)9-7-17)22-10-12-23(13-11-22)19-5-3-4-18(21)15-19/h3-9,15-16H,10-14H2,1-2H3/t16-/m0/s1. The Kier molecular flexibility index (Phi) is 5.64. The molecule has 1 atom stereocenters. The normalized spacial score (nSPS) is 16.9. The van der Waals surface area contributed by atoms with E-state index in [4.69, 9.17) is 16.3 Å². The molecule has 1 aliphatic rings. The van der Waals surface area contributed by atoms with Crippen molar-refractivity contribution in [2.24, 2.45) is 0 Å². The fraction of sp³-hybridized carbons (Fsp3) is 0.400. The maximum Gasteiger partial charge on any atom is 0.118 e. The van der Waals surface area contributed by atoms with Gasteiger partial charge in [-0.25, -0.2) is 0 Å². The summed E-state index contributed by atoms with van der Waals surface area (Å²) in [6.45, 7) is 6.59. The first kappa shape index (κ1) is 17.1. The van der Waals surface area contributed by atoms with Gasteiger partial charge in [-0.3, -0.25) is 4.90 Å². The number of methoxy groups -OCH3 is 1. The fourth-order valence-corrected chi connectivity index (χ4v) is 3.51. The number of benzene rings is 2. The smallest absolute Gasteiger partial charge is 0.118 e. The van der Waals surface area contributed by atoms with Gasteiger partial charge in [-0.2, -0.15) is 0 Å². The number of piperazine rings is 1. The fourth-order valence-electron chi connectivity index (χ4n) is 3.33. The van der Waals surface area contributed by atoms with Gasteiger partial charge in [-0.1, -0.05) is 29.8 Å². The Labute approximate surface area is 149 Å². The molecule has 4 heteroatoms. The molecule has 0 aliphatic carbocycles. The molecule has 0 spiro atoms. The van der Waals surface area contributed by atoms with Crippen LogP contribution in [0.3, 0.4) is 0 Å². The van der Waals surface area contributed by atoms with Crippen LogP contribution in [0.1, 0.15) is 12.5 Å². The minimum atomic E-state index is 0.542. The molecule has 2 aromatic rings. The highest BCUT2D eigenvalue weighted by molar-refractivity contribution is 6.30. The third-order valence-corrected chi connectivity index (χ3v) is 5.04. The van der Waals surface area contributed by atoms with Gasteiger partial charge in [0, 0.05) is 42.9 Å². The van der Waals surface area contributed by atoms with E-state index in [1.807, 2.05) is 24.3 Å². The number of nitrogens with zero attached hydrogens (tertiary/aromatic N) is 2. The van der Waals surface area contributed by atoms with E-state index in [1.165, 1.54) is 11.3 Å². The first-order chi connectivity index (χ1) is 11.7. The van der Waals surface area contributed by atoms with Crippen molar-refractivity contribution in [3.63, 3.8) is 0 Å². The maximum absolute atomic E-state index is 6.11. The largest absolute Gasteiger partial charge is 0.497 e. The van der Waals surface area contributed by atoms with E-state index in [-0.39, 0.29) is 0 Å². The van der Waals surface area contributed by atoms with Crippen LogP contribution in [0.25, 0.3) is 0 Å². The molecule has 0 N–H and O–H groups in total. The second-order valence-corrected chi connectivity index (χ2v) is 6.84. The molecule has 3 rings (SSSR count). The molecular formula is C20H25ClN2O. The molecule has 0 amide bonds. The van der Waals surface area contributed by atoms with E-state index in [2.05, 4.69) is 41.0 Å².